The predicted molar refractivity (Wildman–Crippen MR) is 151 cm³/mol. The van der Waals surface area contributed by atoms with Crippen LogP contribution in [0.5, 0.6) is 0 Å². The lowest BCUT2D eigenvalue weighted by molar-refractivity contribution is -0.116. The molecule has 1 saturated heterocycles. The highest BCUT2D eigenvalue weighted by Gasteiger charge is 2.21. The second-order valence-corrected chi connectivity index (χ2v) is 9.99. The fourth-order valence-corrected chi connectivity index (χ4v) is 4.74. The summed E-state index contributed by atoms with van der Waals surface area (Å²) in [4.78, 5) is 27.6. The molecule has 3 aromatic carbocycles. The number of carbonyl (C=O) groups excluding carboxylic acids is 2. The van der Waals surface area contributed by atoms with Crippen LogP contribution in [-0.4, -0.2) is 48.2 Å². The van der Waals surface area contributed by atoms with Gasteiger partial charge in [0.25, 0.3) is 0 Å². The summed E-state index contributed by atoms with van der Waals surface area (Å²) in [6, 6.07) is 21.5. The molecule has 0 unspecified atom stereocenters. The molecule has 7 nitrogen and oxygen atoms in total. The van der Waals surface area contributed by atoms with Crippen LogP contribution in [0.1, 0.15) is 42.4 Å². The fourth-order valence-electron chi connectivity index (χ4n) is 4.74. The van der Waals surface area contributed by atoms with Crippen molar-refractivity contribution in [3.8, 4) is 11.1 Å². The molecule has 0 atom stereocenters. The van der Waals surface area contributed by atoms with Crippen LogP contribution >= 0.6 is 0 Å². The molecule has 0 aromatic heterocycles. The van der Waals surface area contributed by atoms with Gasteiger partial charge in [0.2, 0.25) is 5.91 Å². The lowest BCUT2D eigenvalue weighted by atomic mass is 9.99. The standard InChI is InChI=1S/C31H37N3O4/c1-22-19-24(21-35)12-14-28(22)32-30(36)10-6-7-23-11-13-27(25-8-4-3-5-9-25)29(20-23)33-31(37)38-26-15-17-34(2)18-16-26/h3-5,8-9,11-14,19-20,26,35H,6-7,10,15-18,21H2,1-2H3,(H,32,36)(H,33,37). The van der Waals surface area contributed by atoms with Gasteiger partial charge in [-0.1, -0.05) is 54.6 Å². The average molecular weight is 516 g/mol. The summed E-state index contributed by atoms with van der Waals surface area (Å²) in [6.45, 7) is 3.73. The molecule has 1 heterocycles. The molecule has 0 spiro atoms. The van der Waals surface area contributed by atoms with E-state index in [0.29, 0.717) is 24.9 Å². The molecule has 0 radical (unpaired) electrons. The summed E-state index contributed by atoms with van der Waals surface area (Å²) in [7, 11) is 2.08. The molecular formula is C31H37N3O4. The summed E-state index contributed by atoms with van der Waals surface area (Å²) in [5.41, 5.74) is 6.17. The highest BCUT2D eigenvalue weighted by molar-refractivity contribution is 5.92. The van der Waals surface area contributed by atoms with Crippen LogP contribution in [0, 0.1) is 6.92 Å². The Morgan fingerprint density at radius 1 is 0.947 bits per heavy atom. The summed E-state index contributed by atoms with van der Waals surface area (Å²) in [6.07, 6.45) is 2.91. The molecule has 3 N–H and O–H groups in total. The Labute approximate surface area is 224 Å². The zero-order chi connectivity index (χ0) is 26.9. The van der Waals surface area contributed by atoms with Crippen molar-refractivity contribution in [1.82, 2.24) is 4.90 Å². The van der Waals surface area contributed by atoms with Crippen molar-refractivity contribution in [3.63, 3.8) is 0 Å². The number of carbonyl (C=O) groups is 2. The van der Waals surface area contributed by atoms with Crippen LogP contribution in [0.15, 0.2) is 66.7 Å². The van der Waals surface area contributed by atoms with Crippen LogP contribution < -0.4 is 10.6 Å². The zero-order valence-corrected chi connectivity index (χ0v) is 22.2. The molecule has 1 fully saturated rings. The third-order valence-electron chi connectivity index (χ3n) is 6.96. The van der Waals surface area contributed by atoms with E-state index >= 15 is 0 Å². The minimum atomic E-state index is -0.434. The number of benzene rings is 3. The van der Waals surface area contributed by atoms with Crippen molar-refractivity contribution >= 4 is 23.4 Å². The van der Waals surface area contributed by atoms with Gasteiger partial charge in [0.15, 0.2) is 0 Å². The highest BCUT2D eigenvalue weighted by Crippen LogP contribution is 2.30. The SMILES string of the molecule is Cc1cc(CO)ccc1NC(=O)CCCc1ccc(-c2ccccc2)c(NC(=O)OC2CCN(C)CC2)c1. The van der Waals surface area contributed by atoms with Crippen molar-refractivity contribution in [2.24, 2.45) is 0 Å². The number of aliphatic hydroxyl groups excluding tert-OH is 1. The van der Waals surface area contributed by atoms with E-state index in [9.17, 15) is 14.7 Å². The quantitative estimate of drug-likeness (QED) is 0.337. The number of hydrogen-bond donors (Lipinski definition) is 3. The van der Waals surface area contributed by atoms with E-state index in [4.69, 9.17) is 4.74 Å². The number of ether oxygens (including phenoxy) is 1. The number of piperidine rings is 1. The van der Waals surface area contributed by atoms with Gasteiger partial charge in [0.05, 0.1) is 12.3 Å². The Morgan fingerprint density at radius 3 is 2.39 bits per heavy atom. The van der Waals surface area contributed by atoms with Crippen LogP contribution in [0.4, 0.5) is 16.2 Å². The van der Waals surface area contributed by atoms with E-state index in [-0.39, 0.29) is 18.6 Å². The maximum atomic E-state index is 12.8. The molecule has 3 aromatic rings. The summed E-state index contributed by atoms with van der Waals surface area (Å²) in [5, 5.41) is 15.2. The molecule has 1 aliphatic heterocycles. The van der Waals surface area contributed by atoms with Crippen LogP contribution in [0.2, 0.25) is 0 Å². The summed E-state index contributed by atoms with van der Waals surface area (Å²) >= 11 is 0. The number of amides is 2. The average Bonchev–Trinajstić information content (AvgIpc) is 2.92. The van der Waals surface area contributed by atoms with E-state index in [1.54, 1.807) is 0 Å². The van der Waals surface area contributed by atoms with Gasteiger partial charge in [0.1, 0.15) is 6.10 Å². The van der Waals surface area contributed by atoms with Crippen molar-refractivity contribution in [2.75, 3.05) is 30.8 Å². The van der Waals surface area contributed by atoms with Gasteiger partial charge in [-0.25, -0.2) is 4.79 Å². The fraction of sp³-hybridized carbons (Fsp3) is 0.355. The minimum absolute atomic E-state index is 0.0229. The van der Waals surface area contributed by atoms with E-state index in [1.807, 2.05) is 73.7 Å². The van der Waals surface area contributed by atoms with Crippen LogP contribution in [0.25, 0.3) is 11.1 Å². The molecule has 0 saturated carbocycles. The smallest absolute Gasteiger partial charge is 0.411 e. The first-order valence-electron chi connectivity index (χ1n) is 13.3. The van der Waals surface area contributed by atoms with Crippen molar-refractivity contribution in [1.29, 1.82) is 0 Å². The third-order valence-corrected chi connectivity index (χ3v) is 6.96. The number of nitrogens with zero attached hydrogens (tertiary/aromatic N) is 1. The van der Waals surface area contributed by atoms with Gasteiger partial charge in [-0.2, -0.15) is 0 Å². The first kappa shape index (κ1) is 27.4. The monoisotopic (exact) mass is 515 g/mol. The Balaban J connectivity index is 1.38. The first-order chi connectivity index (χ1) is 18.4. The van der Waals surface area contributed by atoms with Crippen LogP contribution in [0.3, 0.4) is 0 Å². The number of nitrogens with one attached hydrogen (secondary N) is 2. The number of aryl methyl sites for hydroxylation is 2. The van der Waals surface area contributed by atoms with E-state index in [2.05, 4.69) is 22.6 Å². The molecule has 200 valence electrons. The van der Waals surface area contributed by atoms with Gasteiger partial charge in [0, 0.05) is 30.8 Å². The number of likely N-dealkylation sites (tertiary alicyclic amines) is 1. The van der Waals surface area contributed by atoms with Crippen LogP contribution in [-0.2, 0) is 22.6 Å². The van der Waals surface area contributed by atoms with E-state index in [1.165, 1.54) is 0 Å². The lowest BCUT2D eigenvalue weighted by Gasteiger charge is -2.28. The number of anilines is 2. The third kappa shape index (κ3) is 7.66. The van der Waals surface area contributed by atoms with Gasteiger partial charge in [-0.3, -0.25) is 10.1 Å². The molecule has 0 aliphatic carbocycles. The maximum absolute atomic E-state index is 12.8. The lowest BCUT2D eigenvalue weighted by Crippen LogP contribution is -2.36. The van der Waals surface area contributed by atoms with E-state index in [0.717, 1.165) is 59.4 Å². The van der Waals surface area contributed by atoms with Gasteiger partial charge < -0.3 is 20.1 Å². The Hall–Kier alpha value is -3.68. The maximum Gasteiger partial charge on any atom is 0.411 e. The van der Waals surface area contributed by atoms with Crippen molar-refractivity contribution in [3.05, 3.63) is 83.4 Å². The van der Waals surface area contributed by atoms with Gasteiger partial charge in [-0.15, -0.1) is 0 Å². The van der Waals surface area contributed by atoms with Gasteiger partial charge >= 0.3 is 6.09 Å². The number of hydrogen-bond acceptors (Lipinski definition) is 5. The molecule has 1 aliphatic rings. The summed E-state index contributed by atoms with van der Waals surface area (Å²) in [5.74, 6) is -0.0502. The largest absolute Gasteiger partial charge is 0.446 e. The molecule has 0 bridgehead atoms. The molecule has 4 rings (SSSR count). The molecular weight excluding hydrogens is 478 g/mol. The molecule has 2 amide bonds. The summed E-state index contributed by atoms with van der Waals surface area (Å²) < 4.78 is 5.72. The number of aliphatic hydroxyl groups is 1. The minimum Gasteiger partial charge on any atom is -0.446 e. The second kappa shape index (κ2) is 13.2. The normalized spacial score (nSPS) is 14.2. The van der Waals surface area contributed by atoms with E-state index < -0.39 is 6.09 Å². The van der Waals surface area contributed by atoms with Crippen molar-refractivity contribution < 1.29 is 19.4 Å². The predicted octanol–water partition coefficient (Wildman–Crippen LogP) is 5.76. The second-order valence-electron chi connectivity index (χ2n) is 9.99. The topological polar surface area (TPSA) is 90.9 Å². The first-order valence-corrected chi connectivity index (χ1v) is 13.3. The Kier molecular flexibility index (Phi) is 9.51. The zero-order valence-electron chi connectivity index (χ0n) is 22.2. The number of rotatable bonds is 9. The Bertz CT molecular complexity index is 1240. The highest BCUT2D eigenvalue weighted by atomic mass is 16.6. The van der Waals surface area contributed by atoms with Gasteiger partial charge in [-0.05, 0) is 74.0 Å². The molecule has 38 heavy (non-hydrogen) atoms. The molecule has 7 heteroatoms. The van der Waals surface area contributed by atoms with Crippen molar-refractivity contribution in [2.45, 2.75) is 51.7 Å². The Morgan fingerprint density at radius 2 is 1.68 bits per heavy atom.